The van der Waals surface area contributed by atoms with E-state index in [0.717, 1.165) is 30.7 Å². The maximum Gasteiger partial charge on any atom is 0.258 e. The minimum Gasteiger partial charge on any atom is -0.376 e. The van der Waals surface area contributed by atoms with Crippen molar-refractivity contribution >= 4 is 29.2 Å². The quantitative estimate of drug-likeness (QED) is 0.609. The van der Waals surface area contributed by atoms with E-state index in [2.05, 4.69) is 15.6 Å². The Morgan fingerprint density at radius 1 is 1.33 bits per heavy atom. The van der Waals surface area contributed by atoms with Crippen LogP contribution in [0, 0.1) is 12.7 Å². The summed E-state index contributed by atoms with van der Waals surface area (Å²) in [5, 5.41) is 6.39. The van der Waals surface area contributed by atoms with Gasteiger partial charge in [-0.15, -0.1) is 0 Å². The van der Waals surface area contributed by atoms with Crippen LogP contribution in [0.4, 0.5) is 10.1 Å². The Morgan fingerprint density at radius 2 is 2.19 bits per heavy atom. The van der Waals surface area contributed by atoms with Crippen molar-refractivity contribution in [2.45, 2.75) is 25.9 Å². The lowest BCUT2D eigenvalue weighted by Crippen LogP contribution is -2.37. The smallest absolute Gasteiger partial charge is 0.258 e. The number of ether oxygens (including phenoxy) is 1. The molecule has 1 heterocycles. The molecule has 0 radical (unpaired) electrons. The topological polar surface area (TPSA) is 62.7 Å². The Morgan fingerprint density at radius 3 is 2.93 bits per heavy atom. The van der Waals surface area contributed by atoms with E-state index in [-0.39, 0.29) is 17.6 Å². The molecule has 7 heteroatoms. The summed E-state index contributed by atoms with van der Waals surface area (Å²) in [5.74, 6) is -0.656. The van der Waals surface area contributed by atoms with Crippen LogP contribution in [0.3, 0.4) is 0 Å². The van der Waals surface area contributed by atoms with Crippen LogP contribution in [0.15, 0.2) is 47.5 Å². The van der Waals surface area contributed by atoms with E-state index in [4.69, 9.17) is 16.3 Å². The fourth-order valence-electron chi connectivity index (χ4n) is 2.76. The van der Waals surface area contributed by atoms with E-state index in [1.165, 1.54) is 18.2 Å². The molecular weight excluding hydrogens is 369 g/mol. The molecule has 5 nitrogen and oxygen atoms in total. The molecule has 0 unspecified atom stereocenters. The zero-order chi connectivity index (χ0) is 19.2. The molecule has 1 aliphatic rings. The maximum absolute atomic E-state index is 13.4. The van der Waals surface area contributed by atoms with Crippen molar-refractivity contribution in [2.24, 2.45) is 4.99 Å². The van der Waals surface area contributed by atoms with Gasteiger partial charge in [0.05, 0.1) is 12.6 Å². The van der Waals surface area contributed by atoms with Gasteiger partial charge in [0, 0.05) is 22.9 Å². The SMILES string of the molecule is Cc1ccc(Cl)cc1NC(=NC[C@@H]1CCCO1)NC(=O)c1cccc(F)c1. The van der Waals surface area contributed by atoms with E-state index in [0.29, 0.717) is 11.6 Å². The van der Waals surface area contributed by atoms with Crippen LogP contribution in [0.5, 0.6) is 0 Å². The summed E-state index contributed by atoms with van der Waals surface area (Å²) in [6, 6.07) is 10.9. The molecule has 27 heavy (non-hydrogen) atoms. The van der Waals surface area contributed by atoms with Crippen molar-refractivity contribution in [1.82, 2.24) is 5.32 Å². The molecule has 142 valence electrons. The van der Waals surface area contributed by atoms with Gasteiger partial charge in [0.1, 0.15) is 5.82 Å². The van der Waals surface area contributed by atoms with Gasteiger partial charge in [0.25, 0.3) is 5.91 Å². The Kier molecular flexibility index (Phi) is 6.42. The number of rotatable bonds is 4. The normalized spacial score (nSPS) is 17.0. The molecule has 1 fully saturated rings. The average molecular weight is 390 g/mol. The molecule has 2 aromatic rings. The fourth-order valence-corrected chi connectivity index (χ4v) is 2.93. The third kappa shape index (κ3) is 5.52. The van der Waals surface area contributed by atoms with E-state index in [1.54, 1.807) is 18.2 Å². The van der Waals surface area contributed by atoms with Crippen LogP contribution in [-0.4, -0.2) is 31.1 Å². The van der Waals surface area contributed by atoms with Gasteiger partial charge in [-0.05, 0) is 55.7 Å². The molecule has 0 bridgehead atoms. The van der Waals surface area contributed by atoms with Gasteiger partial charge in [0.15, 0.2) is 0 Å². The highest BCUT2D eigenvalue weighted by Crippen LogP contribution is 2.20. The molecule has 0 saturated carbocycles. The predicted octanol–water partition coefficient (Wildman–Crippen LogP) is 4.16. The third-order valence-corrected chi connectivity index (χ3v) is 4.48. The Labute approximate surface area is 162 Å². The molecule has 1 atom stereocenters. The Hall–Kier alpha value is -2.44. The number of halogens is 2. The van der Waals surface area contributed by atoms with Crippen LogP contribution in [-0.2, 0) is 4.74 Å². The summed E-state index contributed by atoms with van der Waals surface area (Å²) >= 11 is 6.07. The molecule has 1 amide bonds. The zero-order valence-corrected chi connectivity index (χ0v) is 15.7. The summed E-state index contributed by atoms with van der Waals surface area (Å²) in [7, 11) is 0. The Bertz CT molecular complexity index is 851. The maximum atomic E-state index is 13.4. The third-order valence-electron chi connectivity index (χ3n) is 4.25. The molecule has 3 rings (SSSR count). The number of amides is 1. The lowest BCUT2D eigenvalue weighted by atomic mass is 10.2. The number of carbonyl (C=O) groups is 1. The van der Waals surface area contributed by atoms with Crippen molar-refractivity contribution in [3.05, 3.63) is 64.4 Å². The number of nitrogens with one attached hydrogen (secondary N) is 2. The number of hydrogen-bond donors (Lipinski definition) is 2. The number of aryl methyl sites for hydroxylation is 1. The standard InChI is InChI=1S/C20H21ClFN3O2/c1-13-7-8-15(21)11-18(13)24-20(23-12-17-6-3-9-27-17)25-19(26)14-4-2-5-16(22)10-14/h2,4-5,7-8,10-11,17H,3,6,9,12H2,1H3,(H2,23,24,25,26)/t17-/m0/s1. The first-order chi connectivity index (χ1) is 13.0. The first kappa shape index (κ1) is 19.3. The average Bonchev–Trinajstić information content (AvgIpc) is 3.16. The van der Waals surface area contributed by atoms with E-state index in [1.807, 2.05) is 13.0 Å². The van der Waals surface area contributed by atoms with E-state index in [9.17, 15) is 9.18 Å². The van der Waals surface area contributed by atoms with E-state index < -0.39 is 11.7 Å². The van der Waals surface area contributed by atoms with Gasteiger partial charge >= 0.3 is 0 Å². The summed E-state index contributed by atoms with van der Waals surface area (Å²) in [4.78, 5) is 17.0. The summed E-state index contributed by atoms with van der Waals surface area (Å²) < 4.78 is 19.0. The van der Waals surface area contributed by atoms with Crippen LogP contribution in [0.2, 0.25) is 5.02 Å². The van der Waals surface area contributed by atoms with Gasteiger partial charge in [0.2, 0.25) is 5.96 Å². The van der Waals surface area contributed by atoms with Crippen molar-refractivity contribution in [3.8, 4) is 0 Å². The number of benzene rings is 2. The molecule has 0 aliphatic carbocycles. The highest BCUT2D eigenvalue weighted by molar-refractivity contribution is 6.31. The minimum absolute atomic E-state index is 0.0355. The van der Waals surface area contributed by atoms with E-state index >= 15 is 0 Å². The van der Waals surface area contributed by atoms with Crippen molar-refractivity contribution in [3.63, 3.8) is 0 Å². The summed E-state index contributed by atoms with van der Waals surface area (Å²) in [6.45, 7) is 3.07. The van der Waals surface area contributed by atoms with Crippen LogP contribution < -0.4 is 10.6 Å². The molecule has 0 aromatic heterocycles. The minimum atomic E-state index is -0.473. The fraction of sp³-hybridized carbons (Fsp3) is 0.300. The second-order valence-corrected chi connectivity index (χ2v) is 6.81. The van der Waals surface area contributed by atoms with Crippen molar-refractivity contribution < 1.29 is 13.9 Å². The highest BCUT2D eigenvalue weighted by Gasteiger charge is 2.16. The predicted molar refractivity (Wildman–Crippen MR) is 105 cm³/mol. The van der Waals surface area contributed by atoms with Gasteiger partial charge in [-0.25, -0.2) is 9.38 Å². The number of carbonyl (C=O) groups excluding carboxylic acids is 1. The largest absolute Gasteiger partial charge is 0.376 e. The lowest BCUT2D eigenvalue weighted by Gasteiger charge is -2.15. The molecule has 2 N–H and O–H groups in total. The highest BCUT2D eigenvalue weighted by atomic mass is 35.5. The number of aliphatic imine (C=N–C) groups is 1. The van der Waals surface area contributed by atoms with Crippen molar-refractivity contribution in [2.75, 3.05) is 18.5 Å². The molecule has 1 saturated heterocycles. The van der Waals surface area contributed by atoms with Gasteiger partial charge in [-0.2, -0.15) is 0 Å². The van der Waals surface area contributed by atoms with Gasteiger partial charge < -0.3 is 10.1 Å². The number of anilines is 1. The second-order valence-electron chi connectivity index (χ2n) is 6.37. The zero-order valence-electron chi connectivity index (χ0n) is 15.0. The first-order valence-corrected chi connectivity index (χ1v) is 9.15. The number of nitrogens with zero attached hydrogens (tertiary/aromatic N) is 1. The molecule has 2 aromatic carbocycles. The molecular formula is C20H21ClFN3O2. The summed E-state index contributed by atoms with van der Waals surface area (Å²) in [6.07, 6.45) is 1.98. The molecule has 0 spiro atoms. The Balaban J connectivity index is 1.79. The van der Waals surface area contributed by atoms with Gasteiger partial charge in [-0.3, -0.25) is 10.1 Å². The van der Waals surface area contributed by atoms with Crippen LogP contribution in [0.25, 0.3) is 0 Å². The lowest BCUT2D eigenvalue weighted by molar-refractivity contribution is 0.0975. The molecule has 1 aliphatic heterocycles. The van der Waals surface area contributed by atoms with Gasteiger partial charge in [-0.1, -0.05) is 23.7 Å². The number of guanidine groups is 1. The first-order valence-electron chi connectivity index (χ1n) is 8.77. The number of hydrogen-bond acceptors (Lipinski definition) is 3. The van der Waals surface area contributed by atoms with Crippen LogP contribution in [0.1, 0.15) is 28.8 Å². The van der Waals surface area contributed by atoms with Crippen LogP contribution >= 0.6 is 11.6 Å². The monoisotopic (exact) mass is 389 g/mol. The second kappa shape index (κ2) is 8.97. The summed E-state index contributed by atoms with van der Waals surface area (Å²) in [5.41, 5.74) is 1.89. The van der Waals surface area contributed by atoms with Crippen molar-refractivity contribution in [1.29, 1.82) is 0 Å².